The van der Waals surface area contributed by atoms with Gasteiger partial charge in [0, 0.05) is 13.1 Å². The number of carbonyl (C=O) groups excluding carboxylic acids is 1. The van der Waals surface area contributed by atoms with Crippen LogP contribution in [0.5, 0.6) is 0 Å². The van der Waals surface area contributed by atoms with Gasteiger partial charge in [0.05, 0.1) is 17.5 Å². The molecule has 0 aromatic rings. The van der Waals surface area contributed by atoms with Crippen molar-refractivity contribution in [3.05, 3.63) is 0 Å². The van der Waals surface area contributed by atoms with Crippen LogP contribution in [0, 0.1) is 0 Å². The van der Waals surface area contributed by atoms with Crippen molar-refractivity contribution in [2.75, 3.05) is 37.7 Å². The molecule has 3 N–H and O–H groups in total. The third kappa shape index (κ3) is 5.32. The molecule has 0 aromatic carbocycles. The van der Waals surface area contributed by atoms with Crippen molar-refractivity contribution >= 4 is 15.7 Å². The minimum Gasteiger partial charge on any atom is -0.368 e. The summed E-state index contributed by atoms with van der Waals surface area (Å²) in [6.07, 6.45) is 1.30. The molecule has 18 heavy (non-hydrogen) atoms. The highest BCUT2D eigenvalue weighted by Gasteiger charge is 2.20. The average Bonchev–Trinajstić information content (AvgIpc) is 2.45. The van der Waals surface area contributed by atoms with Gasteiger partial charge in [-0.25, -0.2) is 8.42 Å². The molecule has 0 aliphatic carbocycles. The van der Waals surface area contributed by atoms with Crippen molar-refractivity contribution in [2.45, 2.75) is 25.8 Å². The number of nitrogens with zero attached hydrogens (tertiary/aromatic N) is 1. The fourth-order valence-electron chi connectivity index (χ4n) is 2.12. The van der Waals surface area contributed by atoms with Gasteiger partial charge in [0.15, 0.2) is 9.84 Å². The summed E-state index contributed by atoms with van der Waals surface area (Å²) in [5.74, 6) is 0.144. The second-order valence-electron chi connectivity index (χ2n) is 4.65. The summed E-state index contributed by atoms with van der Waals surface area (Å²) in [4.78, 5) is 13.3. The summed E-state index contributed by atoms with van der Waals surface area (Å²) < 4.78 is 22.9. The second-order valence-corrected chi connectivity index (χ2v) is 6.95. The van der Waals surface area contributed by atoms with Gasteiger partial charge in [-0.05, 0) is 25.9 Å². The lowest BCUT2D eigenvalue weighted by Crippen LogP contribution is -2.43. The van der Waals surface area contributed by atoms with Gasteiger partial charge in [0.1, 0.15) is 0 Å². The molecule has 0 bridgehead atoms. The number of primary amides is 1. The van der Waals surface area contributed by atoms with Crippen molar-refractivity contribution in [3.8, 4) is 0 Å². The highest BCUT2D eigenvalue weighted by atomic mass is 32.2. The summed E-state index contributed by atoms with van der Waals surface area (Å²) in [5, 5.41) is 3.03. The first-order chi connectivity index (χ1) is 8.44. The molecule has 6 nitrogen and oxygen atoms in total. The zero-order valence-corrected chi connectivity index (χ0v) is 11.7. The number of hydrogen-bond donors (Lipinski definition) is 2. The Kier molecular flexibility index (Phi) is 6.04. The van der Waals surface area contributed by atoms with Crippen LogP contribution in [0.25, 0.3) is 0 Å². The Bertz CT molecular complexity index is 370. The molecular weight excluding hydrogens is 254 g/mol. The molecule has 1 amide bonds. The van der Waals surface area contributed by atoms with E-state index < -0.39 is 9.84 Å². The fraction of sp³-hybridized carbons (Fsp3) is 0.909. The van der Waals surface area contributed by atoms with Crippen LogP contribution in [0.2, 0.25) is 0 Å². The standard InChI is InChI=1S/C11H23N3O3S/c1-2-13-10(11(12)15)4-6-14-5-3-8-18(16,17)9-7-14/h10,13H,2-9H2,1H3,(H2,12,15). The van der Waals surface area contributed by atoms with E-state index in [2.05, 4.69) is 10.2 Å². The maximum absolute atomic E-state index is 11.5. The van der Waals surface area contributed by atoms with Gasteiger partial charge < -0.3 is 16.0 Å². The van der Waals surface area contributed by atoms with Crippen molar-refractivity contribution in [3.63, 3.8) is 0 Å². The van der Waals surface area contributed by atoms with Crippen LogP contribution in [0.1, 0.15) is 19.8 Å². The van der Waals surface area contributed by atoms with Gasteiger partial charge in [-0.15, -0.1) is 0 Å². The van der Waals surface area contributed by atoms with Crippen LogP contribution in [0.15, 0.2) is 0 Å². The first kappa shape index (κ1) is 15.4. The first-order valence-electron chi connectivity index (χ1n) is 6.40. The number of likely N-dealkylation sites (N-methyl/N-ethyl adjacent to an activating group) is 1. The molecule has 1 heterocycles. The third-order valence-electron chi connectivity index (χ3n) is 3.18. The van der Waals surface area contributed by atoms with Gasteiger partial charge in [-0.2, -0.15) is 0 Å². The highest BCUT2D eigenvalue weighted by Crippen LogP contribution is 2.06. The maximum Gasteiger partial charge on any atom is 0.234 e. The van der Waals surface area contributed by atoms with Crippen LogP contribution in [-0.4, -0.2) is 63.0 Å². The minimum atomic E-state index is -2.87. The molecule has 1 saturated heterocycles. The minimum absolute atomic E-state index is 0.218. The summed E-state index contributed by atoms with van der Waals surface area (Å²) in [5.41, 5.74) is 5.30. The Balaban J connectivity index is 2.40. The number of sulfone groups is 1. The Morgan fingerprint density at radius 2 is 2.11 bits per heavy atom. The summed E-state index contributed by atoms with van der Waals surface area (Å²) >= 11 is 0. The van der Waals surface area contributed by atoms with E-state index in [9.17, 15) is 13.2 Å². The summed E-state index contributed by atoms with van der Waals surface area (Å²) in [6.45, 7) is 4.66. The maximum atomic E-state index is 11.5. The second kappa shape index (κ2) is 7.06. The SMILES string of the molecule is CCNC(CCN1CCCS(=O)(=O)CC1)C(N)=O. The van der Waals surface area contributed by atoms with E-state index >= 15 is 0 Å². The number of amides is 1. The number of nitrogens with one attached hydrogen (secondary N) is 1. The lowest BCUT2D eigenvalue weighted by atomic mass is 10.2. The fourth-order valence-corrected chi connectivity index (χ4v) is 3.43. The van der Waals surface area contributed by atoms with Gasteiger partial charge in [-0.3, -0.25) is 4.79 Å². The molecule has 1 rings (SSSR count). The molecule has 7 heteroatoms. The zero-order valence-electron chi connectivity index (χ0n) is 10.9. The number of nitrogens with two attached hydrogens (primary N) is 1. The monoisotopic (exact) mass is 277 g/mol. The van der Waals surface area contributed by atoms with Gasteiger partial charge in [-0.1, -0.05) is 6.92 Å². The molecular formula is C11H23N3O3S. The van der Waals surface area contributed by atoms with Crippen LogP contribution < -0.4 is 11.1 Å². The zero-order chi connectivity index (χ0) is 13.6. The van der Waals surface area contributed by atoms with E-state index in [1.54, 1.807) is 0 Å². The predicted molar refractivity (Wildman–Crippen MR) is 71.0 cm³/mol. The molecule has 1 aliphatic heterocycles. The Labute approximate surface area is 109 Å². The van der Waals surface area contributed by atoms with Gasteiger partial charge in [0.2, 0.25) is 5.91 Å². The Hall–Kier alpha value is -0.660. The van der Waals surface area contributed by atoms with E-state index in [1.807, 2.05) is 6.92 Å². The molecule has 1 aliphatic rings. The van der Waals surface area contributed by atoms with E-state index in [1.165, 1.54) is 0 Å². The molecule has 0 saturated carbocycles. The van der Waals surface area contributed by atoms with Gasteiger partial charge >= 0.3 is 0 Å². The number of hydrogen-bond acceptors (Lipinski definition) is 5. The smallest absolute Gasteiger partial charge is 0.234 e. The topological polar surface area (TPSA) is 92.5 Å². The van der Waals surface area contributed by atoms with Crippen LogP contribution in [-0.2, 0) is 14.6 Å². The van der Waals surface area contributed by atoms with Crippen molar-refractivity contribution in [1.82, 2.24) is 10.2 Å². The normalized spacial score (nSPS) is 22.3. The molecule has 106 valence electrons. The third-order valence-corrected chi connectivity index (χ3v) is 4.89. The summed E-state index contributed by atoms with van der Waals surface area (Å²) in [6, 6.07) is -0.324. The number of rotatable bonds is 6. The average molecular weight is 277 g/mol. The van der Waals surface area contributed by atoms with Crippen LogP contribution in [0.3, 0.4) is 0 Å². The van der Waals surface area contributed by atoms with E-state index in [-0.39, 0.29) is 23.5 Å². The van der Waals surface area contributed by atoms with Gasteiger partial charge in [0.25, 0.3) is 0 Å². The van der Waals surface area contributed by atoms with E-state index in [4.69, 9.17) is 5.73 Å². The Morgan fingerprint density at radius 3 is 2.72 bits per heavy atom. The molecule has 0 aromatic heterocycles. The quantitative estimate of drug-likeness (QED) is 0.647. The Morgan fingerprint density at radius 1 is 1.39 bits per heavy atom. The summed E-state index contributed by atoms with van der Waals surface area (Å²) in [7, 11) is -2.87. The molecule has 0 spiro atoms. The largest absolute Gasteiger partial charge is 0.368 e. The van der Waals surface area contributed by atoms with Crippen LogP contribution >= 0.6 is 0 Å². The van der Waals surface area contributed by atoms with E-state index in [0.29, 0.717) is 32.5 Å². The molecule has 1 atom stereocenters. The van der Waals surface area contributed by atoms with Crippen LogP contribution in [0.4, 0.5) is 0 Å². The highest BCUT2D eigenvalue weighted by molar-refractivity contribution is 7.91. The van der Waals surface area contributed by atoms with Crippen molar-refractivity contribution in [2.24, 2.45) is 5.73 Å². The molecule has 0 radical (unpaired) electrons. The van der Waals surface area contributed by atoms with E-state index in [0.717, 1.165) is 6.54 Å². The molecule has 1 unspecified atom stereocenters. The lowest BCUT2D eigenvalue weighted by Gasteiger charge is -2.22. The molecule has 1 fully saturated rings. The first-order valence-corrected chi connectivity index (χ1v) is 8.22. The van der Waals surface area contributed by atoms with Crippen molar-refractivity contribution in [1.29, 1.82) is 0 Å². The lowest BCUT2D eigenvalue weighted by molar-refractivity contribution is -0.120. The number of carbonyl (C=O) groups is 1. The van der Waals surface area contributed by atoms with Crippen molar-refractivity contribution < 1.29 is 13.2 Å². The predicted octanol–water partition coefficient (Wildman–Crippen LogP) is -1.04.